The van der Waals surface area contributed by atoms with Gasteiger partial charge in [-0.05, 0) is 19.1 Å². The molecule has 0 saturated carbocycles. The zero-order chi connectivity index (χ0) is 11.0. The Kier molecular flexibility index (Phi) is 2.36. The predicted octanol–water partition coefficient (Wildman–Crippen LogP) is 2.08. The minimum Gasteiger partial charge on any atom is -0.465 e. The van der Waals surface area contributed by atoms with Gasteiger partial charge in [0, 0.05) is 6.20 Å². The van der Waals surface area contributed by atoms with Gasteiger partial charge in [-0.15, -0.1) is 0 Å². The number of hydrogen-bond donors (Lipinski definition) is 0. The number of imidazole rings is 1. The first-order chi connectivity index (χ1) is 7.13. The molecule has 4 nitrogen and oxygen atoms in total. The van der Waals surface area contributed by atoms with Crippen molar-refractivity contribution < 1.29 is 9.53 Å². The van der Waals surface area contributed by atoms with Crippen molar-refractivity contribution in [2.24, 2.45) is 0 Å². The monoisotopic (exact) mass is 224 g/mol. The van der Waals surface area contributed by atoms with Gasteiger partial charge in [0.2, 0.25) is 0 Å². The molecule has 2 aromatic rings. The zero-order valence-corrected chi connectivity index (χ0v) is 9.08. The first-order valence-electron chi connectivity index (χ1n) is 4.36. The Morgan fingerprint density at radius 2 is 2.27 bits per heavy atom. The molecule has 0 amide bonds. The van der Waals surface area contributed by atoms with Gasteiger partial charge in [-0.2, -0.15) is 0 Å². The number of carbonyl (C=O) groups excluding carboxylic acids is 1. The third kappa shape index (κ3) is 1.57. The highest BCUT2D eigenvalue weighted by molar-refractivity contribution is 6.30. The van der Waals surface area contributed by atoms with Gasteiger partial charge in [-0.1, -0.05) is 11.6 Å². The molecule has 0 radical (unpaired) electrons. The van der Waals surface area contributed by atoms with Crippen LogP contribution in [0.25, 0.3) is 5.65 Å². The molecule has 0 saturated heterocycles. The summed E-state index contributed by atoms with van der Waals surface area (Å²) in [4.78, 5) is 15.6. The van der Waals surface area contributed by atoms with E-state index in [-0.39, 0.29) is 0 Å². The van der Waals surface area contributed by atoms with E-state index in [1.807, 2.05) is 6.92 Å². The van der Waals surface area contributed by atoms with Crippen LogP contribution in [0.1, 0.15) is 16.1 Å². The third-order valence-corrected chi connectivity index (χ3v) is 2.40. The molecule has 0 aliphatic rings. The van der Waals surface area contributed by atoms with Crippen molar-refractivity contribution in [1.82, 2.24) is 9.38 Å². The highest BCUT2D eigenvalue weighted by atomic mass is 35.5. The van der Waals surface area contributed by atoms with Crippen molar-refractivity contribution in [3.63, 3.8) is 0 Å². The van der Waals surface area contributed by atoms with Gasteiger partial charge in [0.1, 0.15) is 10.7 Å². The summed E-state index contributed by atoms with van der Waals surface area (Å²) in [5, 5.41) is 0.512. The summed E-state index contributed by atoms with van der Waals surface area (Å²) in [5.41, 5.74) is 1.73. The Balaban J connectivity index is 2.76. The number of hydrogen-bond acceptors (Lipinski definition) is 3. The number of methoxy groups -OCH3 is 1. The zero-order valence-electron chi connectivity index (χ0n) is 8.32. The van der Waals surface area contributed by atoms with Crippen molar-refractivity contribution in [3.05, 3.63) is 34.7 Å². The number of nitrogens with zero attached hydrogens (tertiary/aromatic N) is 2. The van der Waals surface area contributed by atoms with Crippen LogP contribution in [-0.2, 0) is 4.74 Å². The summed E-state index contributed by atoms with van der Waals surface area (Å²) < 4.78 is 6.31. The molecule has 0 unspecified atom stereocenters. The van der Waals surface area contributed by atoms with E-state index in [9.17, 15) is 4.79 Å². The molecule has 0 aromatic carbocycles. The largest absolute Gasteiger partial charge is 0.465 e. The van der Waals surface area contributed by atoms with Gasteiger partial charge >= 0.3 is 5.97 Å². The molecule has 0 aliphatic heterocycles. The van der Waals surface area contributed by atoms with E-state index in [4.69, 9.17) is 11.6 Å². The number of aryl methyl sites for hydroxylation is 1. The Morgan fingerprint density at radius 3 is 2.93 bits per heavy atom. The van der Waals surface area contributed by atoms with Crippen molar-refractivity contribution in [2.45, 2.75) is 6.92 Å². The molecule has 2 aromatic heterocycles. The summed E-state index contributed by atoms with van der Waals surface area (Å²) in [5.74, 6) is -0.415. The molecule has 0 fully saturated rings. The number of halogens is 1. The highest BCUT2D eigenvalue weighted by Crippen LogP contribution is 2.18. The van der Waals surface area contributed by atoms with Crippen LogP contribution in [0.2, 0.25) is 5.15 Å². The molecule has 0 bridgehead atoms. The van der Waals surface area contributed by atoms with Crippen LogP contribution in [-0.4, -0.2) is 22.5 Å². The Hall–Kier alpha value is -1.55. The van der Waals surface area contributed by atoms with Crippen molar-refractivity contribution in [3.8, 4) is 0 Å². The SMILES string of the molecule is COC(=O)c1ccc(Cl)n2cc(C)nc12. The van der Waals surface area contributed by atoms with E-state index < -0.39 is 5.97 Å². The second-order valence-electron chi connectivity index (χ2n) is 3.14. The van der Waals surface area contributed by atoms with Gasteiger partial charge in [-0.3, -0.25) is 4.40 Å². The fourth-order valence-corrected chi connectivity index (χ4v) is 1.62. The molecule has 0 atom stereocenters. The van der Waals surface area contributed by atoms with Gasteiger partial charge in [0.25, 0.3) is 0 Å². The van der Waals surface area contributed by atoms with Gasteiger partial charge in [-0.25, -0.2) is 9.78 Å². The lowest BCUT2D eigenvalue weighted by molar-refractivity contribution is 0.0602. The van der Waals surface area contributed by atoms with Crippen molar-refractivity contribution >= 4 is 23.2 Å². The molecule has 78 valence electrons. The lowest BCUT2D eigenvalue weighted by atomic mass is 10.3. The van der Waals surface area contributed by atoms with E-state index in [0.717, 1.165) is 5.69 Å². The average molecular weight is 225 g/mol. The fourth-order valence-electron chi connectivity index (χ4n) is 1.43. The quantitative estimate of drug-likeness (QED) is 0.550. The minimum absolute atomic E-state index is 0.412. The standard InChI is InChI=1S/C10H9ClN2O2/c1-6-5-13-8(11)4-3-7(9(13)12-6)10(14)15-2/h3-5H,1-2H3. The Morgan fingerprint density at radius 1 is 1.53 bits per heavy atom. The lowest BCUT2D eigenvalue weighted by Crippen LogP contribution is -2.04. The topological polar surface area (TPSA) is 43.6 Å². The Labute approximate surface area is 91.4 Å². The number of fused-ring (bicyclic) bond motifs is 1. The first kappa shape index (κ1) is 9.98. The summed E-state index contributed by atoms with van der Waals surface area (Å²) in [6, 6.07) is 3.25. The number of pyridine rings is 1. The molecular formula is C10H9ClN2O2. The van der Waals surface area contributed by atoms with E-state index >= 15 is 0 Å². The maximum absolute atomic E-state index is 11.4. The van der Waals surface area contributed by atoms with Crippen LogP contribution < -0.4 is 0 Å². The molecule has 5 heteroatoms. The van der Waals surface area contributed by atoms with Crippen LogP contribution in [0.15, 0.2) is 18.3 Å². The summed E-state index contributed by atoms with van der Waals surface area (Å²) >= 11 is 5.96. The number of rotatable bonds is 1. The first-order valence-corrected chi connectivity index (χ1v) is 4.74. The minimum atomic E-state index is -0.415. The van der Waals surface area contributed by atoms with Crippen molar-refractivity contribution in [1.29, 1.82) is 0 Å². The summed E-state index contributed by atoms with van der Waals surface area (Å²) in [7, 11) is 1.34. The lowest BCUT2D eigenvalue weighted by Gasteiger charge is -2.02. The molecule has 2 heterocycles. The second-order valence-corrected chi connectivity index (χ2v) is 3.52. The summed E-state index contributed by atoms with van der Waals surface area (Å²) in [6.45, 7) is 1.84. The smallest absolute Gasteiger partial charge is 0.341 e. The van der Waals surface area contributed by atoms with Crippen LogP contribution >= 0.6 is 11.6 Å². The maximum atomic E-state index is 11.4. The van der Waals surface area contributed by atoms with Crippen molar-refractivity contribution in [2.75, 3.05) is 7.11 Å². The molecule has 0 N–H and O–H groups in total. The van der Waals surface area contributed by atoms with Gasteiger partial charge in [0.05, 0.1) is 12.8 Å². The van der Waals surface area contributed by atoms with Crippen LogP contribution in [0.3, 0.4) is 0 Å². The fraction of sp³-hybridized carbons (Fsp3) is 0.200. The number of aromatic nitrogens is 2. The van der Waals surface area contributed by atoms with Crippen LogP contribution in [0, 0.1) is 6.92 Å². The van der Waals surface area contributed by atoms with Crippen LogP contribution in [0.5, 0.6) is 0 Å². The van der Waals surface area contributed by atoms with Gasteiger partial charge < -0.3 is 4.74 Å². The molecule has 15 heavy (non-hydrogen) atoms. The molecule has 2 rings (SSSR count). The predicted molar refractivity (Wildman–Crippen MR) is 56.3 cm³/mol. The number of ether oxygens (including phenoxy) is 1. The third-order valence-electron chi connectivity index (χ3n) is 2.09. The van der Waals surface area contributed by atoms with E-state index in [2.05, 4.69) is 9.72 Å². The van der Waals surface area contributed by atoms with E-state index in [1.54, 1.807) is 22.7 Å². The second kappa shape index (κ2) is 3.55. The molecular weight excluding hydrogens is 216 g/mol. The molecule has 0 spiro atoms. The summed E-state index contributed by atoms with van der Waals surface area (Å²) in [6.07, 6.45) is 1.77. The maximum Gasteiger partial charge on any atom is 0.341 e. The van der Waals surface area contributed by atoms with E-state index in [0.29, 0.717) is 16.4 Å². The van der Waals surface area contributed by atoms with Crippen LogP contribution in [0.4, 0.5) is 0 Å². The average Bonchev–Trinajstić information content (AvgIpc) is 2.60. The normalized spacial score (nSPS) is 10.6. The number of esters is 1. The van der Waals surface area contributed by atoms with E-state index in [1.165, 1.54) is 7.11 Å². The Bertz CT molecular complexity index is 533. The highest BCUT2D eigenvalue weighted by Gasteiger charge is 2.14. The van der Waals surface area contributed by atoms with Gasteiger partial charge in [0.15, 0.2) is 5.65 Å². The molecule has 0 aliphatic carbocycles. The number of carbonyl (C=O) groups is 1.